The second kappa shape index (κ2) is 5.31. The van der Waals surface area contributed by atoms with Crippen molar-refractivity contribution in [3.8, 4) is 11.5 Å². The molecule has 0 bridgehead atoms. The van der Waals surface area contributed by atoms with Crippen molar-refractivity contribution in [3.63, 3.8) is 0 Å². The van der Waals surface area contributed by atoms with Gasteiger partial charge in [0.25, 0.3) is 11.8 Å². The highest BCUT2D eigenvalue weighted by atomic mass is 16.5. The summed E-state index contributed by atoms with van der Waals surface area (Å²) in [6, 6.07) is 12.7. The first-order valence-corrected chi connectivity index (χ1v) is 7.31. The van der Waals surface area contributed by atoms with E-state index in [1.54, 1.807) is 18.2 Å². The lowest BCUT2D eigenvalue weighted by atomic mass is 10.1. The van der Waals surface area contributed by atoms with E-state index in [2.05, 4.69) is 10.6 Å². The number of carbonyl (C=O) groups is 2. The first kappa shape index (κ1) is 13.6. The fourth-order valence-corrected chi connectivity index (χ4v) is 2.71. The molecule has 2 heterocycles. The Bertz CT molecular complexity index is 778. The van der Waals surface area contributed by atoms with Gasteiger partial charge in [-0.05, 0) is 29.8 Å². The van der Waals surface area contributed by atoms with Gasteiger partial charge in [-0.3, -0.25) is 9.59 Å². The molecule has 6 nitrogen and oxygen atoms in total. The highest BCUT2D eigenvalue weighted by Crippen LogP contribution is 2.32. The van der Waals surface area contributed by atoms with Gasteiger partial charge in [0, 0.05) is 12.1 Å². The molecule has 2 aliphatic rings. The van der Waals surface area contributed by atoms with Gasteiger partial charge in [0.2, 0.25) is 0 Å². The highest BCUT2D eigenvalue weighted by Gasteiger charge is 2.29. The summed E-state index contributed by atoms with van der Waals surface area (Å²) in [4.78, 5) is 23.7. The van der Waals surface area contributed by atoms with Gasteiger partial charge in [-0.25, -0.2) is 0 Å². The molecule has 0 spiro atoms. The zero-order chi connectivity index (χ0) is 15.8. The van der Waals surface area contributed by atoms with Crippen LogP contribution in [-0.2, 0) is 16.0 Å². The lowest BCUT2D eigenvalue weighted by molar-refractivity contribution is -0.122. The van der Waals surface area contributed by atoms with E-state index < -0.39 is 6.10 Å². The Balaban J connectivity index is 1.48. The zero-order valence-corrected chi connectivity index (χ0v) is 12.2. The van der Waals surface area contributed by atoms with Gasteiger partial charge in [0.1, 0.15) is 11.5 Å². The predicted molar refractivity (Wildman–Crippen MR) is 83.8 cm³/mol. The van der Waals surface area contributed by atoms with E-state index in [1.165, 1.54) is 0 Å². The molecule has 2 aromatic rings. The van der Waals surface area contributed by atoms with Gasteiger partial charge in [0.15, 0.2) is 12.7 Å². The molecule has 0 saturated heterocycles. The Morgan fingerprint density at radius 1 is 1.17 bits per heavy atom. The van der Waals surface area contributed by atoms with Crippen LogP contribution in [0.5, 0.6) is 11.5 Å². The van der Waals surface area contributed by atoms with Crippen LogP contribution in [0.1, 0.15) is 5.56 Å². The fourth-order valence-electron chi connectivity index (χ4n) is 2.71. The third-order valence-electron chi connectivity index (χ3n) is 3.82. The summed E-state index contributed by atoms with van der Waals surface area (Å²) in [6.07, 6.45) is 0.00144. The normalized spacial score (nSPS) is 18.1. The zero-order valence-electron chi connectivity index (χ0n) is 12.2. The van der Waals surface area contributed by atoms with E-state index in [4.69, 9.17) is 9.47 Å². The smallest absolute Gasteiger partial charge is 0.265 e. The summed E-state index contributed by atoms with van der Waals surface area (Å²) >= 11 is 0. The van der Waals surface area contributed by atoms with E-state index in [0.29, 0.717) is 23.5 Å². The number of hydrogen-bond donors (Lipinski definition) is 2. The summed E-state index contributed by atoms with van der Waals surface area (Å²) in [6.45, 7) is 0.00682. The molecule has 2 aromatic carbocycles. The summed E-state index contributed by atoms with van der Waals surface area (Å²) in [5.74, 6) is 0.908. The van der Waals surface area contributed by atoms with E-state index in [1.807, 2.05) is 24.3 Å². The van der Waals surface area contributed by atoms with Gasteiger partial charge >= 0.3 is 0 Å². The Kier molecular flexibility index (Phi) is 3.15. The minimum atomic E-state index is -0.547. The maximum Gasteiger partial charge on any atom is 0.265 e. The number of rotatable bonds is 2. The number of amides is 2. The molecule has 0 aliphatic carbocycles. The van der Waals surface area contributed by atoms with Crippen molar-refractivity contribution in [2.75, 3.05) is 17.2 Å². The summed E-state index contributed by atoms with van der Waals surface area (Å²) in [7, 11) is 0. The van der Waals surface area contributed by atoms with Gasteiger partial charge in [-0.2, -0.15) is 0 Å². The van der Waals surface area contributed by atoms with Gasteiger partial charge < -0.3 is 20.1 Å². The van der Waals surface area contributed by atoms with Crippen LogP contribution in [0.15, 0.2) is 42.5 Å². The minimum absolute atomic E-state index is 0.00682. The molecule has 0 fully saturated rings. The molecule has 23 heavy (non-hydrogen) atoms. The van der Waals surface area contributed by atoms with Gasteiger partial charge in [-0.15, -0.1) is 0 Å². The number of para-hydroxylation sites is 1. The van der Waals surface area contributed by atoms with Crippen molar-refractivity contribution in [2.24, 2.45) is 0 Å². The third kappa shape index (κ3) is 2.59. The largest absolute Gasteiger partial charge is 0.482 e. The van der Waals surface area contributed by atoms with Crippen LogP contribution >= 0.6 is 0 Å². The van der Waals surface area contributed by atoms with E-state index in [-0.39, 0.29) is 18.4 Å². The molecule has 6 heteroatoms. The highest BCUT2D eigenvalue weighted by molar-refractivity contribution is 5.98. The Morgan fingerprint density at radius 2 is 2.04 bits per heavy atom. The van der Waals surface area contributed by atoms with Crippen LogP contribution in [0, 0.1) is 0 Å². The number of carbonyl (C=O) groups excluding carboxylic acids is 2. The standard InChI is InChI=1S/C17H14N2O4/c20-16-9-22-14-6-5-11(8-12(14)19-16)18-17(21)15-7-10-3-1-2-4-13(10)23-15/h1-6,8,15H,7,9H2,(H,18,21)(H,19,20). The Morgan fingerprint density at radius 3 is 2.91 bits per heavy atom. The van der Waals surface area contributed by atoms with Crippen LogP contribution in [0.2, 0.25) is 0 Å². The monoisotopic (exact) mass is 310 g/mol. The molecule has 116 valence electrons. The van der Waals surface area contributed by atoms with Gasteiger partial charge in [0.05, 0.1) is 5.69 Å². The van der Waals surface area contributed by atoms with E-state index >= 15 is 0 Å². The lowest BCUT2D eigenvalue weighted by Gasteiger charge is -2.19. The molecule has 1 unspecified atom stereocenters. The molecule has 0 aromatic heterocycles. The quantitative estimate of drug-likeness (QED) is 0.889. The molecule has 0 radical (unpaired) electrons. The summed E-state index contributed by atoms with van der Waals surface area (Å²) in [5, 5.41) is 5.52. The third-order valence-corrected chi connectivity index (χ3v) is 3.82. The Hall–Kier alpha value is -3.02. The molecule has 2 amide bonds. The molecule has 2 N–H and O–H groups in total. The molecule has 2 aliphatic heterocycles. The van der Waals surface area contributed by atoms with Crippen molar-refractivity contribution in [2.45, 2.75) is 12.5 Å². The van der Waals surface area contributed by atoms with Crippen LogP contribution in [0.4, 0.5) is 11.4 Å². The van der Waals surface area contributed by atoms with Crippen molar-refractivity contribution in [1.29, 1.82) is 0 Å². The lowest BCUT2D eigenvalue weighted by Crippen LogP contribution is -2.31. The number of hydrogen-bond acceptors (Lipinski definition) is 4. The number of benzene rings is 2. The SMILES string of the molecule is O=C1COc2ccc(NC(=O)C3Cc4ccccc4O3)cc2N1. The molecule has 4 rings (SSSR count). The minimum Gasteiger partial charge on any atom is -0.482 e. The van der Waals surface area contributed by atoms with Crippen LogP contribution < -0.4 is 20.1 Å². The molecule has 0 saturated carbocycles. The molecular weight excluding hydrogens is 296 g/mol. The maximum absolute atomic E-state index is 12.4. The first-order valence-electron chi connectivity index (χ1n) is 7.31. The van der Waals surface area contributed by atoms with Crippen LogP contribution in [0.3, 0.4) is 0 Å². The number of ether oxygens (including phenoxy) is 2. The second-order valence-electron chi connectivity index (χ2n) is 5.46. The maximum atomic E-state index is 12.4. The van der Waals surface area contributed by atoms with Crippen molar-refractivity contribution in [3.05, 3.63) is 48.0 Å². The first-order chi connectivity index (χ1) is 11.2. The second-order valence-corrected chi connectivity index (χ2v) is 5.46. The van der Waals surface area contributed by atoms with Crippen molar-refractivity contribution < 1.29 is 19.1 Å². The molecular formula is C17H14N2O4. The fraction of sp³-hybridized carbons (Fsp3) is 0.176. The summed E-state index contributed by atoms with van der Waals surface area (Å²) in [5.41, 5.74) is 2.16. The van der Waals surface area contributed by atoms with Crippen molar-refractivity contribution >= 4 is 23.2 Å². The van der Waals surface area contributed by atoms with E-state index in [9.17, 15) is 9.59 Å². The van der Waals surface area contributed by atoms with Crippen LogP contribution in [0.25, 0.3) is 0 Å². The topological polar surface area (TPSA) is 76.7 Å². The summed E-state index contributed by atoms with van der Waals surface area (Å²) < 4.78 is 11.0. The molecule has 1 atom stereocenters. The van der Waals surface area contributed by atoms with E-state index in [0.717, 1.165) is 11.3 Å². The number of fused-ring (bicyclic) bond motifs is 2. The Labute approximate surface area is 132 Å². The number of anilines is 2. The number of nitrogens with one attached hydrogen (secondary N) is 2. The average Bonchev–Trinajstić information content (AvgIpc) is 2.98. The average molecular weight is 310 g/mol. The predicted octanol–water partition coefficient (Wildman–Crippen LogP) is 1.96. The van der Waals surface area contributed by atoms with Crippen molar-refractivity contribution in [1.82, 2.24) is 0 Å². The van der Waals surface area contributed by atoms with Gasteiger partial charge in [-0.1, -0.05) is 18.2 Å². The van der Waals surface area contributed by atoms with Crippen LogP contribution in [-0.4, -0.2) is 24.5 Å².